The van der Waals surface area contributed by atoms with Crippen molar-refractivity contribution in [2.45, 2.75) is 11.4 Å². The van der Waals surface area contributed by atoms with Gasteiger partial charge >= 0.3 is 0 Å². The quantitative estimate of drug-likeness (QED) is 0.716. The number of rotatable bonds is 4. The van der Waals surface area contributed by atoms with E-state index in [1.165, 1.54) is 36.4 Å². The number of nitrogens with one attached hydrogen (secondary N) is 1. The molecule has 0 unspecified atom stereocenters. The minimum atomic E-state index is -3.79. The van der Waals surface area contributed by atoms with Crippen molar-refractivity contribution < 1.29 is 12.8 Å². The zero-order chi connectivity index (χ0) is 15.6. The van der Waals surface area contributed by atoms with E-state index in [4.69, 9.17) is 17.3 Å². The predicted molar refractivity (Wildman–Crippen MR) is 89.3 cm³/mol. The Bertz CT molecular complexity index is 784. The molecular formula is C13H11ClFIN2O2S. The van der Waals surface area contributed by atoms with Gasteiger partial charge in [0.25, 0.3) is 10.0 Å². The molecule has 0 radical (unpaired) electrons. The normalized spacial score (nSPS) is 11.4. The molecular weight excluding hydrogens is 430 g/mol. The molecule has 4 nitrogen and oxygen atoms in total. The highest BCUT2D eigenvalue weighted by Gasteiger charge is 2.17. The summed E-state index contributed by atoms with van der Waals surface area (Å²) in [7, 11) is -3.79. The molecule has 3 N–H and O–H groups in total. The molecule has 0 aliphatic carbocycles. The minimum Gasteiger partial charge on any atom is -0.326 e. The van der Waals surface area contributed by atoms with Gasteiger partial charge in [0.15, 0.2) is 0 Å². The van der Waals surface area contributed by atoms with E-state index in [1.54, 1.807) is 0 Å². The maximum Gasteiger partial charge on any atom is 0.261 e. The fraction of sp³-hybridized carbons (Fsp3) is 0.0769. The number of halogens is 3. The fourth-order valence-electron chi connectivity index (χ4n) is 1.65. The summed E-state index contributed by atoms with van der Waals surface area (Å²) >= 11 is 7.77. The third-order valence-corrected chi connectivity index (χ3v) is 5.35. The number of sulfonamides is 1. The molecule has 21 heavy (non-hydrogen) atoms. The summed E-state index contributed by atoms with van der Waals surface area (Å²) in [5.41, 5.74) is 6.36. The molecule has 2 aromatic carbocycles. The molecule has 0 fully saturated rings. The summed E-state index contributed by atoms with van der Waals surface area (Å²) in [6, 6.07) is 8.09. The van der Waals surface area contributed by atoms with Crippen LogP contribution in [0.15, 0.2) is 41.3 Å². The molecule has 0 aliphatic heterocycles. The lowest BCUT2D eigenvalue weighted by Gasteiger charge is -2.11. The Morgan fingerprint density at radius 3 is 2.57 bits per heavy atom. The third kappa shape index (κ3) is 3.85. The van der Waals surface area contributed by atoms with Gasteiger partial charge < -0.3 is 5.73 Å². The van der Waals surface area contributed by atoms with Crippen molar-refractivity contribution in [3.63, 3.8) is 0 Å². The lowest BCUT2D eigenvalue weighted by atomic mass is 10.2. The van der Waals surface area contributed by atoms with Crippen LogP contribution in [0, 0.1) is 9.39 Å². The molecule has 0 aliphatic rings. The van der Waals surface area contributed by atoms with Crippen LogP contribution in [0.2, 0.25) is 5.02 Å². The maximum atomic E-state index is 13.0. The molecule has 0 bridgehead atoms. The molecule has 2 aromatic rings. The van der Waals surface area contributed by atoms with Gasteiger partial charge in [0.1, 0.15) is 5.82 Å². The smallest absolute Gasteiger partial charge is 0.261 e. The van der Waals surface area contributed by atoms with Gasteiger partial charge in [-0.05, 0) is 64.6 Å². The van der Waals surface area contributed by atoms with Gasteiger partial charge in [-0.2, -0.15) is 0 Å². The Hall–Kier alpha value is -0.900. The van der Waals surface area contributed by atoms with Crippen molar-refractivity contribution in [1.29, 1.82) is 0 Å². The Kier molecular flexibility index (Phi) is 5.07. The molecule has 0 aromatic heterocycles. The molecule has 0 saturated heterocycles. The van der Waals surface area contributed by atoms with Crippen molar-refractivity contribution in [3.05, 3.63) is 56.4 Å². The predicted octanol–water partition coefficient (Wildman–Crippen LogP) is 3.34. The monoisotopic (exact) mass is 440 g/mol. The van der Waals surface area contributed by atoms with Gasteiger partial charge in [0.2, 0.25) is 0 Å². The SMILES string of the molecule is NCc1cc(S(=O)(=O)Nc2ccc(F)cc2I)ccc1Cl. The number of hydrogen-bond donors (Lipinski definition) is 2. The lowest BCUT2D eigenvalue weighted by molar-refractivity contribution is 0.600. The second-order valence-electron chi connectivity index (χ2n) is 4.19. The van der Waals surface area contributed by atoms with Crippen LogP contribution < -0.4 is 10.5 Å². The van der Waals surface area contributed by atoms with E-state index in [0.717, 1.165) is 0 Å². The van der Waals surface area contributed by atoms with Crippen LogP contribution in [0.25, 0.3) is 0 Å². The first-order valence-electron chi connectivity index (χ1n) is 5.80. The van der Waals surface area contributed by atoms with E-state index >= 15 is 0 Å². The topological polar surface area (TPSA) is 72.2 Å². The van der Waals surface area contributed by atoms with Crippen LogP contribution in [0.1, 0.15) is 5.56 Å². The second-order valence-corrected chi connectivity index (χ2v) is 7.44. The highest BCUT2D eigenvalue weighted by atomic mass is 127. The van der Waals surface area contributed by atoms with E-state index in [1.807, 2.05) is 22.6 Å². The minimum absolute atomic E-state index is 0.0486. The first-order valence-corrected chi connectivity index (χ1v) is 8.74. The standard InChI is InChI=1S/C13H11ClFIN2O2S/c14-11-3-2-10(5-8(11)7-17)21(19,20)18-13-4-1-9(15)6-12(13)16/h1-6,18H,7,17H2. The molecule has 0 heterocycles. The van der Waals surface area contributed by atoms with E-state index in [2.05, 4.69) is 4.72 Å². The molecule has 0 amide bonds. The fourth-order valence-corrected chi connectivity index (χ4v) is 3.77. The third-order valence-electron chi connectivity index (χ3n) is 2.72. The summed E-state index contributed by atoms with van der Waals surface area (Å²) in [5, 5.41) is 0.410. The van der Waals surface area contributed by atoms with Crippen LogP contribution in [0.5, 0.6) is 0 Å². The van der Waals surface area contributed by atoms with Gasteiger partial charge in [-0.1, -0.05) is 11.6 Å². The molecule has 2 rings (SSSR count). The van der Waals surface area contributed by atoms with Gasteiger partial charge in [-0.25, -0.2) is 12.8 Å². The summed E-state index contributed by atoms with van der Waals surface area (Å²) in [6.07, 6.45) is 0. The Labute approximate surface area is 140 Å². The van der Waals surface area contributed by atoms with Gasteiger partial charge in [-0.3, -0.25) is 4.72 Å². The van der Waals surface area contributed by atoms with Gasteiger partial charge in [0.05, 0.1) is 10.6 Å². The average Bonchev–Trinajstić information content (AvgIpc) is 2.42. The van der Waals surface area contributed by atoms with E-state index in [0.29, 0.717) is 19.8 Å². The summed E-state index contributed by atoms with van der Waals surface area (Å²) in [5.74, 6) is -0.431. The van der Waals surface area contributed by atoms with Gasteiger partial charge in [-0.15, -0.1) is 0 Å². The largest absolute Gasteiger partial charge is 0.326 e. The first-order chi connectivity index (χ1) is 9.83. The second kappa shape index (κ2) is 6.47. The van der Waals surface area contributed by atoms with Crippen LogP contribution in [0.4, 0.5) is 10.1 Å². The molecule has 0 atom stereocenters. The number of hydrogen-bond acceptors (Lipinski definition) is 3. The molecule has 8 heteroatoms. The molecule has 112 valence electrons. The Morgan fingerprint density at radius 1 is 1.24 bits per heavy atom. The highest BCUT2D eigenvalue weighted by molar-refractivity contribution is 14.1. The van der Waals surface area contributed by atoms with Crippen molar-refractivity contribution in [3.8, 4) is 0 Å². The van der Waals surface area contributed by atoms with E-state index in [-0.39, 0.29) is 11.4 Å². The summed E-state index contributed by atoms with van der Waals surface area (Å²) < 4.78 is 40.6. The zero-order valence-corrected chi connectivity index (χ0v) is 14.3. The number of nitrogens with two attached hydrogens (primary N) is 1. The summed E-state index contributed by atoms with van der Waals surface area (Å²) in [4.78, 5) is 0.0486. The van der Waals surface area contributed by atoms with Crippen molar-refractivity contribution in [2.75, 3.05) is 4.72 Å². The number of benzene rings is 2. The molecule has 0 spiro atoms. The highest BCUT2D eigenvalue weighted by Crippen LogP contribution is 2.25. The van der Waals surface area contributed by atoms with Gasteiger partial charge in [0, 0.05) is 15.1 Å². The Morgan fingerprint density at radius 2 is 1.95 bits per heavy atom. The van der Waals surface area contributed by atoms with Crippen molar-refractivity contribution >= 4 is 49.9 Å². The first kappa shape index (κ1) is 16.5. The van der Waals surface area contributed by atoms with Crippen LogP contribution in [-0.4, -0.2) is 8.42 Å². The average molecular weight is 441 g/mol. The summed E-state index contributed by atoms with van der Waals surface area (Å²) in [6.45, 7) is 0.135. The molecule has 0 saturated carbocycles. The van der Waals surface area contributed by atoms with Crippen molar-refractivity contribution in [1.82, 2.24) is 0 Å². The van der Waals surface area contributed by atoms with E-state index in [9.17, 15) is 12.8 Å². The zero-order valence-electron chi connectivity index (χ0n) is 10.6. The lowest BCUT2D eigenvalue weighted by Crippen LogP contribution is -2.14. The van der Waals surface area contributed by atoms with Crippen molar-refractivity contribution in [2.24, 2.45) is 5.73 Å². The maximum absolute atomic E-state index is 13.0. The van der Waals surface area contributed by atoms with Crippen LogP contribution >= 0.6 is 34.2 Å². The van der Waals surface area contributed by atoms with E-state index < -0.39 is 15.8 Å². The Balaban J connectivity index is 2.38. The number of anilines is 1. The van der Waals surface area contributed by atoms with Crippen LogP contribution in [0.3, 0.4) is 0 Å². The van der Waals surface area contributed by atoms with Crippen LogP contribution in [-0.2, 0) is 16.6 Å².